The molecule has 1 saturated heterocycles. The number of aromatic nitrogens is 1. The summed E-state index contributed by atoms with van der Waals surface area (Å²) in [7, 11) is -3.66. The quantitative estimate of drug-likeness (QED) is 0.441. The molecule has 0 aromatic carbocycles. The van der Waals surface area contributed by atoms with Gasteiger partial charge in [0.2, 0.25) is 5.91 Å². The third-order valence-corrected chi connectivity index (χ3v) is 4.58. The van der Waals surface area contributed by atoms with Crippen LogP contribution in [-0.2, 0) is 19.8 Å². The molecule has 2 rings (SSSR count). The molecule has 1 fully saturated rings. The summed E-state index contributed by atoms with van der Waals surface area (Å²) in [6.45, 7) is -0.370. The van der Waals surface area contributed by atoms with E-state index in [1.54, 1.807) is 0 Å². The van der Waals surface area contributed by atoms with Crippen molar-refractivity contribution in [2.45, 2.75) is 11.7 Å². The van der Waals surface area contributed by atoms with Crippen LogP contribution in [0.1, 0.15) is 16.8 Å². The van der Waals surface area contributed by atoms with Crippen molar-refractivity contribution in [2.24, 2.45) is 0 Å². The molecular weight excluding hydrogens is 371 g/mol. The zero-order valence-electron chi connectivity index (χ0n) is 10.7. The van der Waals surface area contributed by atoms with Crippen molar-refractivity contribution in [3.05, 3.63) is 22.4 Å². The third-order valence-electron chi connectivity index (χ3n) is 3.03. The molecule has 21 heavy (non-hydrogen) atoms. The molecule has 0 saturated carbocycles. The second-order valence-corrected chi connectivity index (χ2v) is 6.75. The van der Waals surface area contributed by atoms with E-state index in [4.69, 9.17) is 0 Å². The van der Waals surface area contributed by atoms with E-state index in [0.717, 1.165) is 4.90 Å². The molecule has 0 N–H and O–H groups in total. The first kappa shape index (κ1) is 15.8. The zero-order chi connectivity index (χ0) is 15.8. The predicted molar refractivity (Wildman–Crippen MR) is 74.1 cm³/mol. The highest BCUT2D eigenvalue weighted by Gasteiger charge is 2.40. The molecule has 0 spiro atoms. The van der Waals surface area contributed by atoms with Gasteiger partial charge >= 0.3 is 16.2 Å². The number of halogens is 2. The second kappa shape index (κ2) is 5.68. The van der Waals surface area contributed by atoms with Gasteiger partial charge in [0.25, 0.3) is 0 Å². The Hall–Kier alpha value is -1.55. The fraction of sp³-hybridized carbons (Fsp3) is 0.364. The summed E-state index contributed by atoms with van der Waals surface area (Å²) >= 11 is 3.08. The molecule has 1 aromatic rings. The van der Waals surface area contributed by atoms with Gasteiger partial charge in [0.15, 0.2) is 0 Å². The second-order valence-electron chi connectivity index (χ2n) is 4.32. The summed E-state index contributed by atoms with van der Waals surface area (Å²) in [4.78, 5) is 28.5. The topological polar surface area (TPSA) is 93.6 Å². The minimum atomic E-state index is -4.83. The summed E-state index contributed by atoms with van der Waals surface area (Å²) in [5.74, 6) is -1.32. The van der Waals surface area contributed by atoms with Gasteiger partial charge in [0, 0.05) is 13.0 Å². The molecule has 114 valence electrons. The number of nitrogens with zero attached hydrogens (tertiary/aromatic N) is 2. The van der Waals surface area contributed by atoms with E-state index >= 15 is 0 Å². The monoisotopic (exact) mass is 380 g/mol. The molecule has 1 amide bonds. The van der Waals surface area contributed by atoms with Crippen LogP contribution in [0.25, 0.3) is 0 Å². The van der Waals surface area contributed by atoms with Crippen LogP contribution >= 0.6 is 15.9 Å². The summed E-state index contributed by atoms with van der Waals surface area (Å²) in [6.07, 6.45) is 0.747. The fourth-order valence-corrected chi connectivity index (χ4v) is 3.01. The fourth-order valence-electron chi connectivity index (χ4n) is 2.01. The van der Waals surface area contributed by atoms with Crippen molar-refractivity contribution in [2.75, 3.05) is 18.6 Å². The van der Waals surface area contributed by atoms with Gasteiger partial charge in [0.05, 0.1) is 24.6 Å². The number of esters is 1. The Labute approximate surface area is 128 Å². The van der Waals surface area contributed by atoms with Gasteiger partial charge < -0.3 is 9.64 Å². The molecule has 2 heterocycles. The molecule has 10 heteroatoms. The molecule has 1 atom stereocenters. The van der Waals surface area contributed by atoms with Crippen molar-refractivity contribution in [3.63, 3.8) is 0 Å². The van der Waals surface area contributed by atoms with Crippen molar-refractivity contribution in [1.82, 2.24) is 4.98 Å². The lowest BCUT2D eigenvalue weighted by Crippen LogP contribution is -2.28. The van der Waals surface area contributed by atoms with Crippen molar-refractivity contribution in [1.29, 1.82) is 0 Å². The Morgan fingerprint density at radius 3 is 2.76 bits per heavy atom. The van der Waals surface area contributed by atoms with E-state index in [0.29, 0.717) is 4.60 Å². The summed E-state index contributed by atoms with van der Waals surface area (Å²) in [5.41, 5.74) is 0.117. The van der Waals surface area contributed by atoms with Gasteiger partial charge in [0.1, 0.15) is 9.85 Å². The average molecular weight is 381 g/mol. The molecule has 0 bridgehead atoms. The molecule has 0 aliphatic carbocycles. The molecule has 1 aromatic heterocycles. The molecule has 7 nitrogen and oxygen atoms in total. The highest BCUT2D eigenvalue weighted by Crippen LogP contribution is 2.29. The van der Waals surface area contributed by atoms with Crippen LogP contribution < -0.4 is 4.90 Å². The molecule has 1 unspecified atom stereocenters. The highest BCUT2D eigenvalue weighted by atomic mass is 79.9. The number of ether oxygens (including phenoxy) is 1. The average Bonchev–Trinajstić information content (AvgIpc) is 2.80. The summed E-state index contributed by atoms with van der Waals surface area (Å²) < 4.78 is 39.8. The van der Waals surface area contributed by atoms with Crippen LogP contribution in [0.3, 0.4) is 0 Å². The molecule has 1 aliphatic rings. The lowest BCUT2D eigenvalue weighted by atomic mass is 10.2. The van der Waals surface area contributed by atoms with Crippen molar-refractivity contribution < 1.29 is 26.6 Å². The maximum atomic E-state index is 13.0. The first-order valence-electron chi connectivity index (χ1n) is 5.71. The van der Waals surface area contributed by atoms with E-state index in [9.17, 15) is 21.9 Å². The van der Waals surface area contributed by atoms with E-state index < -0.39 is 33.8 Å². The highest BCUT2D eigenvalue weighted by molar-refractivity contribution is 9.10. The number of pyridine rings is 1. The van der Waals surface area contributed by atoms with Gasteiger partial charge in [-0.2, -0.15) is 8.42 Å². The third kappa shape index (κ3) is 3.21. The Morgan fingerprint density at radius 2 is 2.24 bits per heavy atom. The van der Waals surface area contributed by atoms with Crippen LogP contribution in [0, 0.1) is 0 Å². The Morgan fingerprint density at radius 1 is 1.57 bits per heavy atom. The standard InChI is InChI=1S/C11H10BrFN2O5S/c1-20-11(17)7-3-9(12)14-4-8(7)15-5-6(2-10(15)16)21(13,18)19/h3-4,6H,2,5H2,1H3. The maximum absolute atomic E-state index is 13.0. The predicted octanol–water partition coefficient (Wildman–Crippen LogP) is 1.04. The Bertz CT molecular complexity index is 709. The van der Waals surface area contributed by atoms with Crippen molar-refractivity contribution in [3.8, 4) is 0 Å². The number of amides is 1. The van der Waals surface area contributed by atoms with E-state index in [-0.39, 0.29) is 17.8 Å². The minimum Gasteiger partial charge on any atom is -0.465 e. The van der Waals surface area contributed by atoms with Crippen LogP contribution in [0.5, 0.6) is 0 Å². The number of rotatable bonds is 3. The van der Waals surface area contributed by atoms with E-state index in [1.165, 1.54) is 19.4 Å². The number of anilines is 1. The molecule has 0 radical (unpaired) electrons. The SMILES string of the molecule is COC(=O)c1cc(Br)ncc1N1CC(S(=O)(=O)F)CC1=O. The van der Waals surface area contributed by atoms with Gasteiger partial charge in [-0.1, -0.05) is 0 Å². The zero-order valence-corrected chi connectivity index (χ0v) is 13.1. The Kier molecular flexibility index (Phi) is 4.28. The Balaban J connectivity index is 2.43. The van der Waals surface area contributed by atoms with Crippen LogP contribution in [0.2, 0.25) is 0 Å². The van der Waals surface area contributed by atoms with Crippen LogP contribution in [0.15, 0.2) is 16.9 Å². The van der Waals surface area contributed by atoms with E-state index in [1.807, 2.05) is 0 Å². The summed E-state index contributed by atoms with van der Waals surface area (Å²) in [6, 6.07) is 1.34. The number of methoxy groups -OCH3 is 1. The lowest BCUT2D eigenvalue weighted by Gasteiger charge is -2.18. The molecule has 1 aliphatic heterocycles. The largest absolute Gasteiger partial charge is 0.465 e. The lowest BCUT2D eigenvalue weighted by molar-refractivity contribution is -0.117. The van der Waals surface area contributed by atoms with Crippen molar-refractivity contribution >= 4 is 43.7 Å². The van der Waals surface area contributed by atoms with Gasteiger partial charge in [-0.05, 0) is 22.0 Å². The first-order valence-corrected chi connectivity index (χ1v) is 7.95. The van der Waals surface area contributed by atoms with E-state index in [2.05, 4.69) is 25.7 Å². The number of hydrogen-bond acceptors (Lipinski definition) is 6. The minimum absolute atomic E-state index is 0.0321. The van der Waals surface area contributed by atoms with Gasteiger partial charge in [-0.25, -0.2) is 9.78 Å². The smallest absolute Gasteiger partial charge is 0.340 e. The molecular formula is C11H10BrFN2O5S. The number of hydrogen-bond donors (Lipinski definition) is 0. The summed E-state index contributed by atoms with van der Waals surface area (Å²) in [5, 5.41) is -1.45. The van der Waals surface area contributed by atoms with Crippen LogP contribution in [-0.4, -0.2) is 44.2 Å². The number of carbonyl (C=O) groups excluding carboxylic acids is 2. The van der Waals surface area contributed by atoms with Crippen LogP contribution in [0.4, 0.5) is 9.57 Å². The number of carbonyl (C=O) groups is 2. The van der Waals surface area contributed by atoms with Gasteiger partial charge in [-0.15, -0.1) is 3.89 Å². The first-order chi connectivity index (χ1) is 9.74. The maximum Gasteiger partial charge on any atom is 0.340 e. The van der Waals surface area contributed by atoms with Gasteiger partial charge in [-0.3, -0.25) is 4.79 Å². The normalized spacial score (nSPS) is 18.9.